The van der Waals surface area contributed by atoms with Gasteiger partial charge in [0.15, 0.2) is 5.82 Å². The number of alkyl halides is 1. The predicted molar refractivity (Wildman–Crippen MR) is 60.7 cm³/mol. The summed E-state index contributed by atoms with van der Waals surface area (Å²) in [6.07, 6.45) is 3.29. The van der Waals surface area contributed by atoms with Crippen LogP contribution in [0.3, 0.4) is 0 Å². The van der Waals surface area contributed by atoms with Crippen molar-refractivity contribution in [1.82, 2.24) is 14.8 Å². The molecule has 0 aromatic carbocycles. The molecular formula is C10H9Cl2N3. The van der Waals surface area contributed by atoms with Gasteiger partial charge in [-0.05, 0) is 18.6 Å². The Labute approximate surface area is 97.7 Å². The molecule has 15 heavy (non-hydrogen) atoms. The van der Waals surface area contributed by atoms with Crippen LogP contribution in [0.4, 0.5) is 0 Å². The van der Waals surface area contributed by atoms with Gasteiger partial charge >= 0.3 is 0 Å². The molecule has 0 aliphatic carbocycles. The van der Waals surface area contributed by atoms with Gasteiger partial charge in [0.2, 0.25) is 0 Å². The molecule has 2 heterocycles. The van der Waals surface area contributed by atoms with Gasteiger partial charge in [-0.1, -0.05) is 17.7 Å². The molecule has 0 saturated carbocycles. The Morgan fingerprint density at radius 1 is 1.40 bits per heavy atom. The van der Waals surface area contributed by atoms with E-state index in [0.717, 1.165) is 17.1 Å². The molecule has 0 bridgehead atoms. The second kappa shape index (κ2) is 4.21. The Bertz CT molecular complexity index is 479. The number of nitrogens with zero attached hydrogens (tertiary/aromatic N) is 3. The number of halogens is 2. The van der Waals surface area contributed by atoms with Crippen molar-refractivity contribution in [2.75, 3.05) is 0 Å². The molecule has 0 aliphatic rings. The van der Waals surface area contributed by atoms with Crippen molar-refractivity contribution in [3.8, 4) is 5.82 Å². The summed E-state index contributed by atoms with van der Waals surface area (Å²) in [6, 6.07) is 3.81. The van der Waals surface area contributed by atoms with Crippen LogP contribution in [-0.2, 0) is 5.88 Å². The van der Waals surface area contributed by atoms with Gasteiger partial charge in [-0.15, -0.1) is 11.6 Å². The van der Waals surface area contributed by atoms with Crippen LogP contribution in [0.5, 0.6) is 0 Å². The normalized spacial score (nSPS) is 10.6. The monoisotopic (exact) mass is 241 g/mol. The Morgan fingerprint density at radius 3 is 2.73 bits per heavy atom. The Balaban J connectivity index is 2.42. The second-order valence-electron chi connectivity index (χ2n) is 3.15. The van der Waals surface area contributed by atoms with E-state index >= 15 is 0 Å². The van der Waals surface area contributed by atoms with Crippen LogP contribution < -0.4 is 0 Å². The predicted octanol–water partition coefficient (Wildman–Crippen LogP) is 2.97. The fourth-order valence-electron chi connectivity index (χ4n) is 1.27. The summed E-state index contributed by atoms with van der Waals surface area (Å²) in [7, 11) is 0. The molecule has 0 spiro atoms. The fourth-order valence-corrected chi connectivity index (χ4v) is 1.69. The highest BCUT2D eigenvalue weighted by Crippen LogP contribution is 2.14. The number of hydrogen-bond acceptors (Lipinski definition) is 2. The van der Waals surface area contributed by atoms with E-state index in [-0.39, 0.29) is 0 Å². The molecule has 2 aromatic heterocycles. The first kappa shape index (κ1) is 10.5. The highest BCUT2D eigenvalue weighted by Gasteiger charge is 2.03. The van der Waals surface area contributed by atoms with E-state index < -0.39 is 0 Å². The summed E-state index contributed by atoms with van der Waals surface area (Å²) < 4.78 is 1.63. The van der Waals surface area contributed by atoms with Crippen LogP contribution in [0.25, 0.3) is 5.82 Å². The average Bonchev–Trinajstić information content (AvgIpc) is 2.65. The second-order valence-corrected chi connectivity index (χ2v) is 3.85. The van der Waals surface area contributed by atoms with Crippen LogP contribution in [0.15, 0.2) is 24.5 Å². The maximum Gasteiger partial charge on any atom is 0.153 e. The Morgan fingerprint density at radius 2 is 2.20 bits per heavy atom. The number of rotatable bonds is 2. The largest absolute Gasteiger partial charge is 0.234 e. The minimum Gasteiger partial charge on any atom is -0.234 e. The van der Waals surface area contributed by atoms with Gasteiger partial charge in [-0.2, -0.15) is 5.10 Å². The molecule has 5 heteroatoms. The van der Waals surface area contributed by atoms with Crippen molar-refractivity contribution in [2.45, 2.75) is 12.8 Å². The molecule has 78 valence electrons. The summed E-state index contributed by atoms with van der Waals surface area (Å²) >= 11 is 11.5. The summed E-state index contributed by atoms with van der Waals surface area (Å²) in [5.74, 6) is 1.21. The van der Waals surface area contributed by atoms with E-state index in [2.05, 4.69) is 10.1 Å². The third kappa shape index (κ3) is 2.13. The third-order valence-corrected chi connectivity index (χ3v) is 2.59. The van der Waals surface area contributed by atoms with E-state index in [1.54, 1.807) is 17.1 Å². The lowest BCUT2D eigenvalue weighted by Crippen LogP contribution is -2.00. The summed E-state index contributed by atoms with van der Waals surface area (Å²) in [4.78, 5) is 4.38. The molecule has 0 saturated heterocycles. The summed E-state index contributed by atoms with van der Waals surface area (Å²) in [5, 5.41) is 4.67. The maximum absolute atomic E-state index is 5.78. The van der Waals surface area contributed by atoms with Crippen molar-refractivity contribution in [1.29, 1.82) is 0 Å². The van der Waals surface area contributed by atoms with E-state index in [9.17, 15) is 0 Å². The van der Waals surface area contributed by atoms with Crippen LogP contribution >= 0.6 is 23.2 Å². The first-order valence-corrected chi connectivity index (χ1v) is 5.35. The van der Waals surface area contributed by atoms with Crippen LogP contribution in [0, 0.1) is 6.92 Å². The van der Waals surface area contributed by atoms with E-state index in [4.69, 9.17) is 23.2 Å². The zero-order chi connectivity index (χ0) is 10.8. The lowest BCUT2D eigenvalue weighted by atomic mass is 10.2. The summed E-state index contributed by atoms with van der Waals surface area (Å²) in [5.41, 5.74) is 1.94. The lowest BCUT2D eigenvalue weighted by Gasteiger charge is -2.04. The molecule has 0 amide bonds. The van der Waals surface area contributed by atoms with Gasteiger partial charge in [-0.3, -0.25) is 0 Å². The number of aromatic nitrogens is 3. The minimum absolute atomic E-state index is 0.471. The lowest BCUT2D eigenvalue weighted by molar-refractivity contribution is 0.838. The smallest absolute Gasteiger partial charge is 0.153 e. The van der Waals surface area contributed by atoms with Crippen molar-refractivity contribution < 1.29 is 0 Å². The first-order chi connectivity index (χ1) is 7.20. The van der Waals surface area contributed by atoms with E-state index in [0.29, 0.717) is 10.9 Å². The topological polar surface area (TPSA) is 30.7 Å². The van der Waals surface area contributed by atoms with Gasteiger partial charge in [0.05, 0.1) is 17.4 Å². The number of hydrogen-bond donors (Lipinski definition) is 0. The van der Waals surface area contributed by atoms with Crippen molar-refractivity contribution in [3.63, 3.8) is 0 Å². The first-order valence-electron chi connectivity index (χ1n) is 4.44. The van der Waals surface area contributed by atoms with Crippen LogP contribution in [-0.4, -0.2) is 14.8 Å². The fraction of sp³-hybridized carbons (Fsp3) is 0.200. The quantitative estimate of drug-likeness (QED) is 0.758. The molecule has 0 unspecified atom stereocenters. The standard InChI is InChI=1S/C10H9Cl2N3/c1-7-8(4-11)2-3-10(14-7)15-6-9(12)5-13-15/h2-3,5-6H,4H2,1H3. The van der Waals surface area contributed by atoms with Crippen molar-refractivity contribution in [2.24, 2.45) is 0 Å². The van der Waals surface area contributed by atoms with Crippen LogP contribution in [0.2, 0.25) is 5.02 Å². The Kier molecular flexibility index (Phi) is 2.93. The molecular weight excluding hydrogens is 233 g/mol. The number of aryl methyl sites for hydroxylation is 1. The summed E-state index contributed by atoms with van der Waals surface area (Å²) in [6.45, 7) is 1.92. The van der Waals surface area contributed by atoms with Gasteiger partial charge < -0.3 is 0 Å². The van der Waals surface area contributed by atoms with Crippen LogP contribution in [0.1, 0.15) is 11.3 Å². The van der Waals surface area contributed by atoms with E-state index in [1.165, 1.54) is 0 Å². The third-order valence-electron chi connectivity index (χ3n) is 2.11. The molecule has 2 rings (SSSR count). The maximum atomic E-state index is 5.78. The van der Waals surface area contributed by atoms with E-state index in [1.807, 2.05) is 19.1 Å². The van der Waals surface area contributed by atoms with Gasteiger partial charge in [0.1, 0.15) is 0 Å². The van der Waals surface area contributed by atoms with Gasteiger partial charge in [0.25, 0.3) is 0 Å². The molecule has 2 aromatic rings. The zero-order valence-corrected chi connectivity index (χ0v) is 9.63. The van der Waals surface area contributed by atoms with Gasteiger partial charge in [-0.25, -0.2) is 9.67 Å². The van der Waals surface area contributed by atoms with Crippen molar-refractivity contribution >= 4 is 23.2 Å². The zero-order valence-electron chi connectivity index (χ0n) is 8.11. The molecule has 0 fully saturated rings. The molecule has 0 atom stereocenters. The molecule has 0 aliphatic heterocycles. The highest BCUT2D eigenvalue weighted by molar-refractivity contribution is 6.30. The minimum atomic E-state index is 0.471. The SMILES string of the molecule is Cc1nc(-n2cc(Cl)cn2)ccc1CCl. The number of pyridine rings is 1. The molecule has 3 nitrogen and oxygen atoms in total. The highest BCUT2D eigenvalue weighted by atomic mass is 35.5. The van der Waals surface area contributed by atoms with Gasteiger partial charge in [0, 0.05) is 11.6 Å². The molecule has 0 N–H and O–H groups in total. The Hall–Kier alpha value is -1.06. The average molecular weight is 242 g/mol. The molecule has 0 radical (unpaired) electrons. The van der Waals surface area contributed by atoms with Crippen molar-refractivity contribution in [3.05, 3.63) is 40.8 Å².